The standard InChI is InChI=1S/C33H31N3O7/c1-3-43-32(38)22(2)24-7-5-18-33(20-24,26-11-15-28(16-12-26)36(41)42)30-8-4-6-25-21-34(19-17-29(25)30)31(37)23-9-13-27(14-10-23)35(39)40/h4-16,18,22H,3,17,19-21H2,1-2H3. The fourth-order valence-electron chi connectivity index (χ4n) is 6.02. The molecule has 1 aliphatic carbocycles. The number of hydrogen-bond acceptors (Lipinski definition) is 7. The third-order valence-corrected chi connectivity index (χ3v) is 8.32. The van der Waals surface area contributed by atoms with Gasteiger partial charge in [0.15, 0.2) is 0 Å². The topological polar surface area (TPSA) is 133 Å². The van der Waals surface area contributed by atoms with Gasteiger partial charge in [-0.1, -0.05) is 54.1 Å². The van der Waals surface area contributed by atoms with E-state index in [1.165, 1.54) is 36.4 Å². The van der Waals surface area contributed by atoms with Crippen LogP contribution in [0.1, 0.15) is 52.9 Å². The molecule has 0 N–H and O–H groups in total. The van der Waals surface area contributed by atoms with Crippen LogP contribution in [0.3, 0.4) is 0 Å². The van der Waals surface area contributed by atoms with Gasteiger partial charge in [0.05, 0.1) is 22.4 Å². The molecule has 3 aromatic carbocycles. The highest BCUT2D eigenvalue weighted by molar-refractivity contribution is 5.94. The Labute approximate surface area is 248 Å². The summed E-state index contributed by atoms with van der Waals surface area (Å²) in [4.78, 5) is 49.3. The zero-order valence-corrected chi connectivity index (χ0v) is 23.9. The lowest BCUT2D eigenvalue weighted by Gasteiger charge is -2.40. The van der Waals surface area contributed by atoms with Crippen LogP contribution in [-0.2, 0) is 27.9 Å². The molecule has 2 atom stereocenters. The van der Waals surface area contributed by atoms with Gasteiger partial charge in [-0.3, -0.25) is 29.8 Å². The molecule has 2 aliphatic rings. The number of carbonyl (C=O) groups excluding carboxylic acids is 2. The van der Waals surface area contributed by atoms with E-state index in [9.17, 15) is 29.8 Å². The van der Waals surface area contributed by atoms with Gasteiger partial charge in [0.1, 0.15) is 0 Å². The van der Waals surface area contributed by atoms with E-state index in [1.54, 1.807) is 24.0 Å². The van der Waals surface area contributed by atoms with Crippen LogP contribution in [0.25, 0.3) is 0 Å². The van der Waals surface area contributed by atoms with Gasteiger partial charge in [0, 0.05) is 48.3 Å². The van der Waals surface area contributed by atoms with Gasteiger partial charge in [0.25, 0.3) is 17.3 Å². The summed E-state index contributed by atoms with van der Waals surface area (Å²) >= 11 is 0. The Hall–Kier alpha value is -5.12. The zero-order valence-electron chi connectivity index (χ0n) is 23.9. The summed E-state index contributed by atoms with van der Waals surface area (Å²) in [7, 11) is 0. The second kappa shape index (κ2) is 12.0. The molecular weight excluding hydrogens is 550 g/mol. The van der Waals surface area contributed by atoms with E-state index in [0.29, 0.717) is 31.5 Å². The van der Waals surface area contributed by atoms with Crippen LogP contribution in [0.5, 0.6) is 0 Å². The lowest BCUT2D eigenvalue weighted by Crippen LogP contribution is -2.38. The van der Waals surface area contributed by atoms with Crippen molar-refractivity contribution in [2.75, 3.05) is 13.2 Å². The summed E-state index contributed by atoms with van der Waals surface area (Å²) < 4.78 is 5.31. The highest BCUT2D eigenvalue weighted by atomic mass is 16.6. The lowest BCUT2D eigenvalue weighted by molar-refractivity contribution is -0.385. The van der Waals surface area contributed by atoms with Gasteiger partial charge in [-0.2, -0.15) is 0 Å². The molecule has 0 bridgehead atoms. The number of hydrogen-bond donors (Lipinski definition) is 0. The van der Waals surface area contributed by atoms with Crippen LogP contribution in [-0.4, -0.2) is 39.8 Å². The monoisotopic (exact) mass is 581 g/mol. The van der Waals surface area contributed by atoms with E-state index in [2.05, 4.69) is 12.1 Å². The van der Waals surface area contributed by atoms with Crippen LogP contribution in [0.4, 0.5) is 11.4 Å². The minimum Gasteiger partial charge on any atom is -0.466 e. The summed E-state index contributed by atoms with van der Waals surface area (Å²) in [6.07, 6.45) is 7.00. The Morgan fingerprint density at radius 2 is 1.63 bits per heavy atom. The average molecular weight is 582 g/mol. The highest BCUT2D eigenvalue weighted by Crippen LogP contribution is 2.46. The summed E-state index contributed by atoms with van der Waals surface area (Å²) in [5.41, 5.74) is 4.40. The molecule has 0 saturated heterocycles. The molecular formula is C33H31N3O7. The minimum absolute atomic E-state index is 0.00941. The first-order valence-electron chi connectivity index (χ1n) is 14.1. The van der Waals surface area contributed by atoms with E-state index in [1.807, 2.05) is 31.2 Å². The average Bonchev–Trinajstić information content (AvgIpc) is 3.03. The Morgan fingerprint density at radius 3 is 2.26 bits per heavy atom. The van der Waals surface area contributed by atoms with Gasteiger partial charge in [-0.25, -0.2) is 0 Å². The van der Waals surface area contributed by atoms with Crippen molar-refractivity contribution in [1.29, 1.82) is 0 Å². The van der Waals surface area contributed by atoms with Crippen molar-refractivity contribution in [3.8, 4) is 0 Å². The second-order valence-corrected chi connectivity index (χ2v) is 10.8. The Bertz CT molecular complexity index is 1640. The number of nitrogens with zero attached hydrogens (tertiary/aromatic N) is 3. The van der Waals surface area contributed by atoms with Crippen molar-refractivity contribution in [3.63, 3.8) is 0 Å². The van der Waals surface area contributed by atoms with Crippen LogP contribution < -0.4 is 0 Å². The maximum Gasteiger partial charge on any atom is 0.312 e. The van der Waals surface area contributed by atoms with Crippen LogP contribution in [0.15, 0.2) is 90.5 Å². The number of rotatable bonds is 8. The Kier molecular flexibility index (Phi) is 8.20. The molecule has 10 heteroatoms. The van der Waals surface area contributed by atoms with E-state index < -0.39 is 21.2 Å². The molecule has 1 amide bonds. The smallest absolute Gasteiger partial charge is 0.312 e. The Balaban J connectivity index is 1.52. The minimum atomic E-state index is -0.712. The molecule has 0 saturated carbocycles. The van der Waals surface area contributed by atoms with Crippen LogP contribution in [0.2, 0.25) is 0 Å². The van der Waals surface area contributed by atoms with Crippen molar-refractivity contribution in [1.82, 2.24) is 4.90 Å². The summed E-state index contributed by atoms with van der Waals surface area (Å²) in [6.45, 7) is 4.68. The predicted octanol–water partition coefficient (Wildman–Crippen LogP) is 6.07. The largest absolute Gasteiger partial charge is 0.466 e. The molecule has 5 rings (SSSR count). The summed E-state index contributed by atoms with van der Waals surface area (Å²) in [6, 6.07) is 18.1. The first-order valence-corrected chi connectivity index (χ1v) is 14.1. The zero-order chi connectivity index (χ0) is 30.7. The first-order chi connectivity index (χ1) is 20.6. The molecule has 0 fully saturated rings. The quantitative estimate of drug-likeness (QED) is 0.179. The number of nitro groups is 2. The fourth-order valence-corrected chi connectivity index (χ4v) is 6.02. The molecule has 0 aromatic heterocycles. The van der Waals surface area contributed by atoms with E-state index >= 15 is 0 Å². The number of allylic oxidation sites excluding steroid dienone is 3. The van der Waals surface area contributed by atoms with Gasteiger partial charge in [-0.15, -0.1) is 0 Å². The molecule has 1 aliphatic heterocycles. The predicted molar refractivity (Wildman–Crippen MR) is 159 cm³/mol. The lowest BCUT2D eigenvalue weighted by atomic mass is 9.65. The highest BCUT2D eigenvalue weighted by Gasteiger charge is 2.39. The van der Waals surface area contributed by atoms with Gasteiger partial charge < -0.3 is 9.64 Å². The number of benzene rings is 3. The van der Waals surface area contributed by atoms with Crippen molar-refractivity contribution >= 4 is 23.3 Å². The van der Waals surface area contributed by atoms with Gasteiger partial charge >= 0.3 is 5.97 Å². The van der Waals surface area contributed by atoms with E-state index in [4.69, 9.17) is 4.74 Å². The number of fused-ring (bicyclic) bond motifs is 1. The molecule has 1 heterocycles. The number of carbonyl (C=O) groups is 2. The van der Waals surface area contributed by atoms with Crippen molar-refractivity contribution in [3.05, 3.63) is 139 Å². The van der Waals surface area contributed by atoms with Crippen LogP contribution >= 0.6 is 0 Å². The van der Waals surface area contributed by atoms with E-state index in [-0.39, 0.29) is 29.9 Å². The SMILES string of the molecule is CCOC(=O)C(C)C1=CC=CC(c2ccc([N+](=O)[O-])cc2)(c2cccc3c2CCN(C(=O)c2ccc([N+](=O)[O-])cc2)C3)C1. The van der Waals surface area contributed by atoms with Gasteiger partial charge in [-0.05, 0) is 61.1 Å². The number of nitro benzene ring substituents is 2. The molecule has 10 nitrogen and oxygen atoms in total. The number of non-ortho nitro benzene ring substituents is 2. The summed E-state index contributed by atoms with van der Waals surface area (Å²) in [5.74, 6) is -0.990. The van der Waals surface area contributed by atoms with Crippen molar-refractivity contribution < 1.29 is 24.2 Å². The molecule has 3 aromatic rings. The molecule has 0 spiro atoms. The second-order valence-electron chi connectivity index (χ2n) is 10.8. The number of amides is 1. The third-order valence-electron chi connectivity index (χ3n) is 8.32. The fraction of sp³-hybridized carbons (Fsp3) is 0.273. The number of ether oxygens (including phenoxy) is 1. The third kappa shape index (κ3) is 5.68. The maximum atomic E-state index is 13.3. The van der Waals surface area contributed by atoms with Crippen LogP contribution in [0, 0.1) is 26.1 Å². The molecule has 0 radical (unpaired) electrons. The van der Waals surface area contributed by atoms with Crippen molar-refractivity contribution in [2.45, 2.75) is 38.6 Å². The molecule has 220 valence electrons. The summed E-state index contributed by atoms with van der Waals surface area (Å²) in [5, 5.41) is 22.4. The number of esters is 1. The first kappa shape index (κ1) is 29.4. The maximum absolute atomic E-state index is 13.3. The van der Waals surface area contributed by atoms with Crippen molar-refractivity contribution in [2.24, 2.45) is 5.92 Å². The Morgan fingerprint density at radius 1 is 0.977 bits per heavy atom. The van der Waals surface area contributed by atoms with E-state index in [0.717, 1.165) is 27.8 Å². The normalized spacial score (nSPS) is 18.3. The molecule has 43 heavy (non-hydrogen) atoms. The van der Waals surface area contributed by atoms with Gasteiger partial charge in [0.2, 0.25) is 0 Å². The molecule has 2 unspecified atom stereocenters.